The van der Waals surface area contributed by atoms with E-state index in [1.54, 1.807) is 6.26 Å². The van der Waals surface area contributed by atoms with E-state index in [-0.39, 0.29) is 18.5 Å². The second kappa shape index (κ2) is 7.25. The zero-order valence-electron chi connectivity index (χ0n) is 11.7. The predicted molar refractivity (Wildman–Crippen MR) is 76.4 cm³/mol. The van der Waals surface area contributed by atoms with Gasteiger partial charge >= 0.3 is 6.03 Å². The van der Waals surface area contributed by atoms with Crippen molar-refractivity contribution in [3.8, 4) is 0 Å². The molecule has 2 rings (SSSR count). The quantitative estimate of drug-likeness (QED) is 0.743. The largest absolute Gasteiger partial charge is 0.463 e. The molecule has 0 saturated heterocycles. The average Bonchev–Trinajstić information content (AvgIpc) is 3.02. The topological polar surface area (TPSA) is 88.0 Å². The van der Waals surface area contributed by atoms with E-state index >= 15 is 0 Å². The van der Waals surface area contributed by atoms with Crippen molar-refractivity contribution in [3.05, 3.63) is 60.1 Å². The monoisotopic (exact) mass is 288 g/mol. The van der Waals surface area contributed by atoms with Gasteiger partial charge in [0.15, 0.2) is 18.3 Å². The van der Waals surface area contributed by atoms with Crippen molar-refractivity contribution in [2.75, 3.05) is 13.6 Å². The van der Waals surface area contributed by atoms with E-state index in [0.29, 0.717) is 0 Å². The maximum Gasteiger partial charge on any atom is 0.321 e. The van der Waals surface area contributed by atoms with E-state index in [1.807, 2.05) is 47.8 Å². The van der Waals surface area contributed by atoms with E-state index < -0.39 is 6.03 Å². The number of hydrogen-bond donors (Lipinski definition) is 3. The van der Waals surface area contributed by atoms with Crippen LogP contribution in [0.2, 0.25) is 0 Å². The fourth-order valence-electron chi connectivity index (χ4n) is 2.01. The van der Waals surface area contributed by atoms with Gasteiger partial charge in [-0.1, -0.05) is 30.3 Å². The molecule has 6 nitrogen and oxygen atoms in total. The van der Waals surface area contributed by atoms with Gasteiger partial charge in [0.05, 0.1) is 6.26 Å². The van der Waals surface area contributed by atoms with Crippen LogP contribution in [-0.4, -0.2) is 25.5 Å². The Bertz CT molecular complexity index is 581. The Morgan fingerprint density at radius 2 is 1.95 bits per heavy atom. The number of furan rings is 1. The Balaban J connectivity index is 2.04. The third-order valence-corrected chi connectivity index (χ3v) is 3.03. The molecule has 0 saturated carbocycles. The minimum atomic E-state index is -0.511. The second-order valence-electron chi connectivity index (χ2n) is 4.47. The molecule has 0 fully saturated rings. The number of nitrogens with two attached hydrogens (primary N) is 1. The standard InChI is InChI=1S/C15H17N3O3/c1-16-15(20)18-13(19)10-17-14(12-8-5-9-21-12)11-6-3-2-4-7-11/h2-9,14,17H,10H2,1H3,(H2,16,18,19,20)/p+1/t14-/m1/s1. The summed E-state index contributed by atoms with van der Waals surface area (Å²) in [5, 5.41) is 6.40. The number of rotatable bonds is 5. The van der Waals surface area contributed by atoms with Crippen molar-refractivity contribution in [2.45, 2.75) is 6.04 Å². The molecule has 0 bridgehead atoms. The Hall–Kier alpha value is -2.60. The van der Waals surface area contributed by atoms with Crippen LogP contribution in [0.1, 0.15) is 17.4 Å². The fourth-order valence-corrected chi connectivity index (χ4v) is 2.01. The van der Waals surface area contributed by atoms with Crippen LogP contribution >= 0.6 is 0 Å². The molecule has 2 aromatic rings. The van der Waals surface area contributed by atoms with Crippen molar-refractivity contribution >= 4 is 11.9 Å². The van der Waals surface area contributed by atoms with Crippen LogP contribution < -0.4 is 16.0 Å². The van der Waals surface area contributed by atoms with E-state index in [1.165, 1.54) is 7.05 Å². The van der Waals surface area contributed by atoms with Crippen molar-refractivity contribution in [2.24, 2.45) is 0 Å². The Morgan fingerprint density at radius 1 is 1.19 bits per heavy atom. The highest BCUT2D eigenvalue weighted by Gasteiger charge is 2.21. The molecule has 21 heavy (non-hydrogen) atoms. The van der Waals surface area contributed by atoms with Gasteiger partial charge in [0, 0.05) is 12.6 Å². The lowest BCUT2D eigenvalue weighted by atomic mass is 10.0. The average molecular weight is 288 g/mol. The molecule has 110 valence electrons. The summed E-state index contributed by atoms with van der Waals surface area (Å²) in [5.74, 6) is 0.399. The molecule has 0 unspecified atom stereocenters. The lowest BCUT2D eigenvalue weighted by Crippen LogP contribution is -2.87. The third-order valence-electron chi connectivity index (χ3n) is 3.03. The van der Waals surface area contributed by atoms with Crippen molar-refractivity contribution in [3.63, 3.8) is 0 Å². The Labute approximate surface area is 122 Å². The van der Waals surface area contributed by atoms with Gasteiger partial charge in [0.2, 0.25) is 0 Å². The number of nitrogens with one attached hydrogen (secondary N) is 2. The lowest BCUT2D eigenvalue weighted by Gasteiger charge is -2.13. The molecule has 0 aliphatic carbocycles. The van der Waals surface area contributed by atoms with Crippen LogP contribution in [0.4, 0.5) is 4.79 Å². The number of amides is 3. The zero-order chi connectivity index (χ0) is 15.1. The smallest absolute Gasteiger partial charge is 0.321 e. The summed E-state index contributed by atoms with van der Waals surface area (Å²) in [6.45, 7) is 0.119. The summed E-state index contributed by atoms with van der Waals surface area (Å²) in [7, 11) is 1.46. The first-order chi connectivity index (χ1) is 10.2. The fraction of sp³-hybridized carbons (Fsp3) is 0.200. The summed E-state index contributed by atoms with van der Waals surface area (Å²) in [4.78, 5) is 22.8. The lowest BCUT2D eigenvalue weighted by molar-refractivity contribution is -0.678. The maximum atomic E-state index is 11.7. The predicted octanol–water partition coefficient (Wildman–Crippen LogP) is 0.388. The maximum absolute atomic E-state index is 11.7. The van der Waals surface area contributed by atoms with Gasteiger partial charge < -0.3 is 15.1 Å². The second-order valence-corrected chi connectivity index (χ2v) is 4.47. The highest BCUT2D eigenvalue weighted by Crippen LogP contribution is 2.18. The molecule has 0 aliphatic heterocycles. The number of urea groups is 1. The molecule has 0 radical (unpaired) electrons. The summed E-state index contributed by atoms with van der Waals surface area (Å²) in [5.41, 5.74) is 1.03. The Kier molecular flexibility index (Phi) is 5.11. The third kappa shape index (κ3) is 4.19. The molecular formula is C15H18N3O3+. The van der Waals surface area contributed by atoms with Gasteiger partial charge in [0.1, 0.15) is 0 Å². The highest BCUT2D eigenvalue weighted by molar-refractivity contribution is 5.94. The molecule has 3 amide bonds. The van der Waals surface area contributed by atoms with E-state index in [2.05, 4.69) is 10.6 Å². The number of imide groups is 1. The molecule has 0 aliphatic rings. The summed E-state index contributed by atoms with van der Waals surface area (Å²) in [6.07, 6.45) is 1.60. The molecule has 1 heterocycles. The summed E-state index contributed by atoms with van der Waals surface area (Å²) < 4.78 is 5.44. The van der Waals surface area contributed by atoms with Crippen LogP contribution in [0, 0.1) is 0 Å². The van der Waals surface area contributed by atoms with Crippen LogP contribution in [-0.2, 0) is 4.79 Å². The molecular weight excluding hydrogens is 270 g/mol. The number of hydrogen-bond acceptors (Lipinski definition) is 3. The first kappa shape index (κ1) is 14.8. The highest BCUT2D eigenvalue weighted by atomic mass is 16.3. The SMILES string of the molecule is CNC(=O)NC(=O)C[NH2+][C@H](c1ccccc1)c1ccco1. The minimum absolute atomic E-state index is 0.119. The van der Waals surface area contributed by atoms with Crippen molar-refractivity contribution < 1.29 is 19.3 Å². The number of carbonyl (C=O) groups excluding carboxylic acids is 2. The first-order valence-electron chi connectivity index (χ1n) is 6.64. The van der Waals surface area contributed by atoms with Gasteiger partial charge in [-0.05, 0) is 12.1 Å². The van der Waals surface area contributed by atoms with Crippen LogP contribution in [0.15, 0.2) is 53.1 Å². The van der Waals surface area contributed by atoms with Crippen LogP contribution in [0.25, 0.3) is 0 Å². The summed E-state index contributed by atoms with van der Waals surface area (Å²) >= 11 is 0. The van der Waals surface area contributed by atoms with Gasteiger partial charge in [0.25, 0.3) is 5.91 Å². The molecule has 1 atom stereocenters. The normalized spacial score (nSPS) is 11.7. The minimum Gasteiger partial charge on any atom is -0.463 e. The van der Waals surface area contributed by atoms with Gasteiger partial charge in [-0.2, -0.15) is 0 Å². The number of carbonyl (C=O) groups is 2. The van der Waals surface area contributed by atoms with Crippen molar-refractivity contribution in [1.82, 2.24) is 10.6 Å². The van der Waals surface area contributed by atoms with Crippen LogP contribution in [0.5, 0.6) is 0 Å². The molecule has 6 heteroatoms. The van der Waals surface area contributed by atoms with Crippen LogP contribution in [0.3, 0.4) is 0 Å². The molecule has 0 spiro atoms. The van der Waals surface area contributed by atoms with Gasteiger partial charge in [-0.25, -0.2) is 4.79 Å². The van der Waals surface area contributed by atoms with E-state index in [9.17, 15) is 9.59 Å². The van der Waals surface area contributed by atoms with Gasteiger partial charge in [-0.15, -0.1) is 0 Å². The molecule has 1 aromatic carbocycles. The zero-order valence-corrected chi connectivity index (χ0v) is 11.7. The first-order valence-corrected chi connectivity index (χ1v) is 6.64. The number of benzene rings is 1. The Morgan fingerprint density at radius 3 is 2.57 bits per heavy atom. The van der Waals surface area contributed by atoms with E-state index in [4.69, 9.17) is 4.42 Å². The molecule has 1 aromatic heterocycles. The van der Waals surface area contributed by atoms with E-state index in [0.717, 1.165) is 11.3 Å². The molecule has 4 N–H and O–H groups in total. The van der Waals surface area contributed by atoms with Crippen molar-refractivity contribution in [1.29, 1.82) is 0 Å². The summed E-state index contributed by atoms with van der Waals surface area (Å²) in [6, 6.07) is 12.8. The number of quaternary nitrogens is 1. The van der Waals surface area contributed by atoms with Gasteiger partial charge in [-0.3, -0.25) is 10.1 Å².